The number of hydrogen-bond donors (Lipinski definition) is 1. The van der Waals surface area contributed by atoms with Crippen LogP contribution in [0.3, 0.4) is 0 Å². The van der Waals surface area contributed by atoms with Crippen molar-refractivity contribution in [1.82, 2.24) is 4.57 Å². The van der Waals surface area contributed by atoms with E-state index in [1.165, 1.54) is 4.57 Å². The van der Waals surface area contributed by atoms with E-state index in [9.17, 15) is 9.59 Å². The average Bonchev–Trinajstić information content (AvgIpc) is 2.44. The third-order valence-electron chi connectivity index (χ3n) is 3.30. The van der Waals surface area contributed by atoms with Crippen molar-refractivity contribution in [2.24, 2.45) is 0 Å². The van der Waals surface area contributed by atoms with E-state index in [1.54, 1.807) is 26.1 Å². The predicted molar refractivity (Wildman–Crippen MR) is 87.7 cm³/mol. The van der Waals surface area contributed by atoms with E-state index in [-0.39, 0.29) is 11.5 Å². The van der Waals surface area contributed by atoms with Gasteiger partial charge in [0, 0.05) is 21.9 Å². The van der Waals surface area contributed by atoms with Crippen molar-refractivity contribution in [2.45, 2.75) is 26.8 Å². The molecule has 1 amide bonds. The van der Waals surface area contributed by atoms with Gasteiger partial charge in [-0.3, -0.25) is 9.59 Å². The fraction of sp³-hybridized carbons (Fsp3) is 0.250. The molecule has 5 heteroatoms. The predicted octanol–water partition coefficient (Wildman–Crippen LogP) is 3.43. The average molecular weight is 349 g/mol. The van der Waals surface area contributed by atoms with Gasteiger partial charge in [-0.2, -0.15) is 0 Å². The molecule has 2 rings (SSSR count). The number of hydrogen-bond acceptors (Lipinski definition) is 2. The Kier molecular flexibility index (Phi) is 4.63. The van der Waals surface area contributed by atoms with E-state index in [0.29, 0.717) is 5.56 Å². The molecule has 0 aliphatic carbocycles. The summed E-state index contributed by atoms with van der Waals surface area (Å²) < 4.78 is 2.21. The third kappa shape index (κ3) is 3.61. The molecule has 2 aromatic rings. The monoisotopic (exact) mass is 348 g/mol. The van der Waals surface area contributed by atoms with Gasteiger partial charge in [0.1, 0.15) is 6.04 Å². The first kappa shape index (κ1) is 15.5. The summed E-state index contributed by atoms with van der Waals surface area (Å²) in [7, 11) is 0. The maximum absolute atomic E-state index is 12.3. The Morgan fingerprint density at radius 2 is 1.86 bits per heavy atom. The van der Waals surface area contributed by atoms with Crippen LogP contribution in [0, 0.1) is 13.8 Å². The van der Waals surface area contributed by atoms with Crippen LogP contribution >= 0.6 is 15.9 Å². The molecule has 1 aromatic heterocycles. The van der Waals surface area contributed by atoms with Crippen molar-refractivity contribution < 1.29 is 4.79 Å². The van der Waals surface area contributed by atoms with Gasteiger partial charge in [0.25, 0.3) is 5.56 Å². The summed E-state index contributed by atoms with van der Waals surface area (Å²) in [4.78, 5) is 24.4. The zero-order valence-corrected chi connectivity index (χ0v) is 13.8. The first-order valence-corrected chi connectivity index (χ1v) is 7.43. The smallest absolute Gasteiger partial charge is 0.254 e. The SMILES string of the molecule is Cc1ccc(NC(=O)C(C)n2cc(Br)cc(C)c2=O)cc1. The lowest BCUT2D eigenvalue weighted by Crippen LogP contribution is -2.32. The van der Waals surface area contributed by atoms with Gasteiger partial charge in [-0.15, -0.1) is 0 Å². The Bertz CT molecular complexity index is 720. The van der Waals surface area contributed by atoms with E-state index in [4.69, 9.17) is 0 Å². The van der Waals surface area contributed by atoms with E-state index >= 15 is 0 Å². The Morgan fingerprint density at radius 3 is 2.48 bits per heavy atom. The highest BCUT2D eigenvalue weighted by Gasteiger charge is 2.17. The molecule has 0 radical (unpaired) electrons. The minimum absolute atomic E-state index is 0.162. The molecule has 1 N–H and O–H groups in total. The molecule has 110 valence electrons. The molecule has 21 heavy (non-hydrogen) atoms. The second-order valence-corrected chi connectivity index (χ2v) is 6.00. The summed E-state index contributed by atoms with van der Waals surface area (Å²) >= 11 is 3.35. The second-order valence-electron chi connectivity index (χ2n) is 5.09. The minimum atomic E-state index is -0.588. The van der Waals surface area contributed by atoms with Gasteiger partial charge in [0.05, 0.1) is 0 Å². The van der Waals surface area contributed by atoms with Gasteiger partial charge in [-0.05, 0) is 54.9 Å². The number of aromatic nitrogens is 1. The van der Waals surface area contributed by atoms with Crippen molar-refractivity contribution in [3.8, 4) is 0 Å². The van der Waals surface area contributed by atoms with Crippen LogP contribution in [0.5, 0.6) is 0 Å². The lowest BCUT2D eigenvalue weighted by atomic mass is 10.2. The number of carbonyl (C=O) groups is 1. The number of halogens is 1. The van der Waals surface area contributed by atoms with Gasteiger partial charge in [-0.1, -0.05) is 17.7 Å². The maximum atomic E-state index is 12.3. The van der Waals surface area contributed by atoms with Crippen LogP contribution in [0.4, 0.5) is 5.69 Å². The van der Waals surface area contributed by atoms with Gasteiger partial charge < -0.3 is 9.88 Å². The molecule has 1 atom stereocenters. The van der Waals surface area contributed by atoms with E-state index in [0.717, 1.165) is 15.7 Å². The van der Waals surface area contributed by atoms with Crippen molar-refractivity contribution >= 4 is 27.5 Å². The molecular weight excluding hydrogens is 332 g/mol. The first-order chi connectivity index (χ1) is 9.88. The molecule has 0 saturated carbocycles. The number of anilines is 1. The molecular formula is C16H17BrN2O2. The van der Waals surface area contributed by atoms with Gasteiger partial charge in [-0.25, -0.2) is 0 Å². The van der Waals surface area contributed by atoms with Crippen LogP contribution in [0.2, 0.25) is 0 Å². The lowest BCUT2D eigenvalue weighted by molar-refractivity contribution is -0.118. The number of nitrogens with one attached hydrogen (secondary N) is 1. The summed E-state index contributed by atoms with van der Waals surface area (Å²) in [5.74, 6) is -0.224. The highest BCUT2D eigenvalue weighted by atomic mass is 79.9. The van der Waals surface area contributed by atoms with E-state index in [2.05, 4.69) is 21.2 Å². The molecule has 4 nitrogen and oxygen atoms in total. The van der Waals surface area contributed by atoms with E-state index < -0.39 is 6.04 Å². The summed E-state index contributed by atoms with van der Waals surface area (Å²) in [5.41, 5.74) is 2.28. The number of amides is 1. The van der Waals surface area contributed by atoms with Crippen LogP contribution in [0.15, 0.2) is 45.8 Å². The van der Waals surface area contributed by atoms with Crippen LogP contribution in [-0.2, 0) is 4.79 Å². The molecule has 1 unspecified atom stereocenters. The van der Waals surface area contributed by atoms with E-state index in [1.807, 2.05) is 31.2 Å². The maximum Gasteiger partial charge on any atom is 0.254 e. The topological polar surface area (TPSA) is 51.1 Å². The summed E-state index contributed by atoms with van der Waals surface area (Å²) in [6.07, 6.45) is 1.63. The number of carbonyl (C=O) groups excluding carboxylic acids is 1. The van der Waals surface area contributed by atoms with Crippen LogP contribution in [0.25, 0.3) is 0 Å². The fourth-order valence-electron chi connectivity index (χ4n) is 2.00. The standard InChI is InChI=1S/C16H17BrN2O2/c1-10-4-6-14(7-5-10)18-15(20)12(3)19-9-13(17)8-11(2)16(19)21/h4-9,12H,1-3H3,(H,18,20). The normalized spacial score (nSPS) is 12.0. The third-order valence-corrected chi connectivity index (χ3v) is 3.74. The highest BCUT2D eigenvalue weighted by Crippen LogP contribution is 2.15. The number of benzene rings is 1. The van der Waals surface area contributed by atoms with Crippen LogP contribution < -0.4 is 10.9 Å². The minimum Gasteiger partial charge on any atom is -0.324 e. The zero-order chi connectivity index (χ0) is 15.6. The van der Waals surface area contributed by atoms with Crippen LogP contribution in [0.1, 0.15) is 24.1 Å². The summed E-state index contributed by atoms with van der Waals surface area (Å²) in [6.45, 7) is 5.42. The molecule has 0 bridgehead atoms. The highest BCUT2D eigenvalue weighted by molar-refractivity contribution is 9.10. The number of pyridine rings is 1. The molecule has 1 aromatic carbocycles. The summed E-state index contributed by atoms with van der Waals surface area (Å²) in [6, 6.07) is 8.69. The molecule has 0 spiro atoms. The van der Waals surface area contributed by atoms with Crippen molar-refractivity contribution in [3.05, 3.63) is 62.5 Å². The molecule has 0 aliphatic heterocycles. The van der Waals surface area contributed by atoms with Gasteiger partial charge in [0.15, 0.2) is 0 Å². The molecule has 1 heterocycles. The number of rotatable bonds is 3. The second kappa shape index (κ2) is 6.26. The van der Waals surface area contributed by atoms with Crippen molar-refractivity contribution in [2.75, 3.05) is 5.32 Å². The fourth-order valence-corrected chi connectivity index (χ4v) is 2.56. The van der Waals surface area contributed by atoms with Gasteiger partial charge >= 0.3 is 0 Å². The Morgan fingerprint density at radius 1 is 1.24 bits per heavy atom. The first-order valence-electron chi connectivity index (χ1n) is 6.64. The van der Waals surface area contributed by atoms with Crippen molar-refractivity contribution in [3.63, 3.8) is 0 Å². The Labute approximate surface area is 131 Å². The number of aryl methyl sites for hydroxylation is 2. The Hall–Kier alpha value is -1.88. The van der Waals surface area contributed by atoms with Gasteiger partial charge in [0.2, 0.25) is 5.91 Å². The molecule has 0 aliphatic rings. The summed E-state index contributed by atoms with van der Waals surface area (Å²) in [5, 5.41) is 2.82. The molecule has 0 saturated heterocycles. The Balaban J connectivity index is 2.23. The quantitative estimate of drug-likeness (QED) is 0.923. The van der Waals surface area contributed by atoms with Crippen molar-refractivity contribution in [1.29, 1.82) is 0 Å². The zero-order valence-electron chi connectivity index (χ0n) is 12.2. The largest absolute Gasteiger partial charge is 0.324 e. The van der Waals surface area contributed by atoms with Crippen LogP contribution in [-0.4, -0.2) is 10.5 Å². The lowest BCUT2D eigenvalue weighted by Gasteiger charge is -2.16. The number of nitrogens with zero attached hydrogens (tertiary/aromatic N) is 1. The molecule has 0 fully saturated rings.